The van der Waals surface area contributed by atoms with Crippen LogP contribution in [-0.2, 0) is 16.1 Å². The van der Waals surface area contributed by atoms with Crippen molar-refractivity contribution in [3.05, 3.63) is 72.4 Å². The van der Waals surface area contributed by atoms with Crippen LogP contribution in [0.15, 0.2) is 66.9 Å². The molecule has 0 bridgehead atoms. The van der Waals surface area contributed by atoms with Crippen LogP contribution in [0.25, 0.3) is 33.4 Å². The molecule has 0 amide bonds. The standard InChI is InChI=1S/C26H27N5O.C2HF3O2/c1-17-15-31(16-18(2)32-17)26-28-14-22-12-23(20-6-4-3-5-7-20)24(29-25(22)30-26)21-10-8-19(13-27)9-11-21;3-2(4,5)1(6)7/h3-12,14,17-18H,13,15-16,27H2,1-2H3;(H,6,7)/t17-,18+;. The van der Waals surface area contributed by atoms with E-state index < -0.39 is 12.1 Å². The summed E-state index contributed by atoms with van der Waals surface area (Å²) >= 11 is 0. The summed E-state index contributed by atoms with van der Waals surface area (Å²) in [5.41, 5.74) is 10.1. The van der Waals surface area contributed by atoms with E-state index in [1.54, 1.807) is 0 Å². The SMILES string of the molecule is C[C@@H]1CN(c2ncc3cc(-c4ccccc4)c(-c4ccc(C[NH3+])cc4)nc3n2)C[C@H](C)O1.O=C([O-])C(F)(F)F. The number of benzene rings is 2. The fourth-order valence-corrected chi connectivity index (χ4v) is 4.34. The molecule has 204 valence electrons. The molecule has 39 heavy (non-hydrogen) atoms. The summed E-state index contributed by atoms with van der Waals surface area (Å²) in [6.07, 6.45) is -3.01. The summed E-state index contributed by atoms with van der Waals surface area (Å²) < 4.78 is 37.4. The third-order valence-corrected chi connectivity index (χ3v) is 6.09. The summed E-state index contributed by atoms with van der Waals surface area (Å²) in [5, 5.41) is 9.72. The average Bonchev–Trinajstić information content (AvgIpc) is 2.92. The Morgan fingerprint density at radius 1 is 1.03 bits per heavy atom. The van der Waals surface area contributed by atoms with Gasteiger partial charge in [-0.1, -0.05) is 54.6 Å². The van der Waals surface area contributed by atoms with Crippen molar-refractivity contribution in [2.24, 2.45) is 0 Å². The van der Waals surface area contributed by atoms with Crippen LogP contribution in [0, 0.1) is 0 Å². The Hall–Kier alpha value is -4.09. The van der Waals surface area contributed by atoms with Gasteiger partial charge in [0.2, 0.25) is 5.95 Å². The number of ether oxygens (including phenoxy) is 1. The van der Waals surface area contributed by atoms with Gasteiger partial charge in [-0.25, -0.2) is 9.97 Å². The molecular formula is C28H28F3N5O3. The van der Waals surface area contributed by atoms with Crippen LogP contribution in [0.5, 0.6) is 0 Å². The van der Waals surface area contributed by atoms with Crippen LogP contribution >= 0.6 is 0 Å². The van der Waals surface area contributed by atoms with Gasteiger partial charge in [0.1, 0.15) is 5.97 Å². The number of carbonyl (C=O) groups excluding carboxylic acids is 1. The summed E-state index contributed by atoms with van der Waals surface area (Å²) in [6, 6.07) is 21.0. The lowest BCUT2D eigenvalue weighted by atomic mass is 9.98. The molecule has 3 heterocycles. The lowest BCUT2D eigenvalue weighted by Gasteiger charge is -2.35. The van der Waals surface area contributed by atoms with Crippen molar-refractivity contribution in [3.8, 4) is 22.4 Å². The maximum absolute atomic E-state index is 10.5. The average molecular weight is 540 g/mol. The highest BCUT2D eigenvalue weighted by Gasteiger charge is 2.29. The third kappa shape index (κ3) is 6.87. The Labute approximate surface area is 223 Å². The van der Waals surface area contributed by atoms with Crippen LogP contribution in [0.2, 0.25) is 0 Å². The van der Waals surface area contributed by atoms with E-state index in [1.807, 2.05) is 12.3 Å². The molecule has 1 aliphatic rings. The molecule has 0 saturated carbocycles. The van der Waals surface area contributed by atoms with Crippen LogP contribution < -0.4 is 15.7 Å². The second-order valence-corrected chi connectivity index (χ2v) is 9.23. The number of aromatic nitrogens is 3. The predicted octanol–water partition coefficient (Wildman–Crippen LogP) is 3.01. The van der Waals surface area contributed by atoms with Crippen molar-refractivity contribution < 1.29 is 33.5 Å². The quantitative estimate of drug-likeness (QED) is 0.424. The summed E-state index contributed by atoms with van der Waals surface area (Å²) in [4.78, 5) is 25.6. The van der Waals surface area contributed by atoms with Gasteiger partial charge in [0, 0.05) is 41.4 Å². The second-order valence-electron chi connectivity index (χ2n) is 9.23. The van der Waals surface area contributed by atoms with Crippen LogP contribution in [0.3, 0.4) is 0 Å². The van der Waals surface area contributed by atoms with Crippen molar-refractivity contribution in [2.75, 3.05) is 18.0 Å². The van der Waals surface area contributed by atoms with E-state index in [1.165, 1.54) is 5.56 Å². The number of carbonyl (C=O) groups is 1. The van der Waals surface area contributed by atoms with Gasteiger partial charge in [0.25, 0.3) is 0 Å². The summed E-state index contributed by atoms with van der Waals surface area (Å²) in [5.74, 6) is -2.30. The molecule has 4 aromatic rings. The topological polar surface area (TPSA) is 119 Å². The van der Waals surface area contributed by atoms with Crippen LogP contribution in [-0.4, -0.2) is 52.4 Å². The number of halogens is 3. The molecule has 8 nitrogen and oxygen atoms in total. The lowest BCUT2D eigenvalue weighted by molar-refractivity contribution is -0.386. The van der Waals surface area contributed by atoms with Gasteiger partial charge < -0.3 is 25.3 Å². The minimum Gasteiger partial charge on any atom is -0.542 e. The number of nitrogens with zero attached hydrogens (tertiary/aromatic N) is 4. The van der Waals surface area contributed by atoms with E-state index in [0.717, 1.165) is 47.4 Å². The first kappa shape index (κ1) is 27.9. The second kappa shape index (κ2) is 11.7. The number of carboxylic acids is 1. The molecule has 2 aromatic heterocycles. The van der Waals surface area contributed by atoms with E-state index >= 15 is 0 Å². The highest BCUT2D eigenvalue weighted by atomic mass is 19.4. The van der Waals surface area contributed by atoms with Gasteiger partial charge in [-0.3, -0.25) is 0 Å². The van der Waals surface area contributed by atoms with Crippen molar-refractivity contribution in [1.82, 2.24) is 15.0 Å². The van der Waals surface area contributed by atoms with Crippen molar-refractivity contribution in [3.63, 3.8) is 0 Å². The Morgan fingerprint density at radius 3 is 2.21 bits per heavy atom. The molecule has 5 rings (SSSR count). The molecule has 0 unspecified atom stereocenters. The molecular weight excluding hydrogens is 511 g/mol. The number of morpholine rings is 1. The number of anilines is 1. The van der Waals surface area contributed by atoms with Gasteiger partial charge >= 0.3 is 6.18 Å². The first-order chi connectivity index (χ1) is 18.5. The number of hydrogen-bond donors (Lipinski definition) is 1. The molecule has 1 saturated heterocycles. The largest absolute Gasteiger partial charge is 0.542 e. The maximum atomic E-state index is 10.5. The first-order valence-corrected chi connectivity index (χ1v) is 12.4. The number of hydrogen-bond acceptors (Lipinski definition) is 7. The Morgan fingerprint density at radius 2 is 1.64 bits per heavy atom. The van der Waals surface area contributed by atoms with E-state index in [-0.39, 0.29) is 12.2 Å². The number of rotatable bonds is 4. The Bertz CT molecular complexity index is 1420. The van der Waals surface area contributed by atoms with Crippen LogP contribution in [0.1, 0.15) is 19.4 Å². The fourth-order valence-electron chi connectivity index (χ4n) is 4.34. The molecule has 11 heteroatoms. The number of alkyl halides is 3. The number of aliphatic carboxylic acids is 1. The zero-order valence-corrected chi connectivity index (χ0v) is 21.5. The zero-order chi connectivity index (χ0) is 28.2. The Balaban J connectivity index is 0.000000448. The smallest absolute Gasteiger partial charge is 0.430 e. The van der Waals surface area contributed by atoms with Crippen molar-refractivity contribution >= 4 is 23.0 Å². The minimum atomic E-state index is -5.19. The third-order valence-electron chi connectivity index (χ3n) is 6.09. The van der Waals surface area contributed by atoms with Crippen LogP contribution in [0.4, 0.5) is 19.1 Å². The zero-order valence-electron chi connectivity index (χ0n) is 21.5. The highest BCUT2D eigenvalue weighted by Crippen LogP contribution is 2.33. The van der Waals surface area contributed by atoms with Gasteiger partial charge in [0.15, 0.2) is 5.65 Å². The molecule has 0 spiro atoms. The number of fused-ring (bicyclic) bond motifs is 1. The van der Waals surface area contributed by atoms with Gasteiger partial charge in [0.05, 0.1) is 24.4 Å². The number of carboxylic acid groups (broad SMARTS) is 1. The maximum Gasteiger partial charge on any atom is 0.430 e. The first-order valence-electron chi connectivity index (χ1n) is 12.4. The number of pyridine rings is 1. The molecule has 1 fully saturated rings. The molecule has 0 radical (unpaired) electrons. The molecule has 0 aliphatic carbocycles. The van der Waals surface area contributed by atoms with Crippen molar-refractivity contribution in [2.45, 2.75) is 38.8 Å². The van der Waals surface area contributed by atoms with Gasteiger partial charge in [-0.2, -0.15) is 18.2 Å². The normalized spacial score (nSPS) is 17.4. The number of quaternary nitrogens is 1. The molecule has 1 aliphatic heterocycles. The predicted molar refractivity (Wildman–Crippen MR) is 138 cm³/mol. The molecule has 2 atom stereocenters. The van der Waals surface area contributed by atoms with Gasteiger partial charge in [-0.15, -0.1) is 0 Å². The molecule has 2 aromatic carbocycles. The fraction of sp³-hybridized carbons (Fsp3) is 0.286. The minimum absolute atomic E-state index is 0.147. The van der Waals surface area contributed by atoms with E-state index in [4.69, 9.17) is 24.6 Å². The lowest BCUT2D eigenvalue weighted by Crippen LogP contribution is -2.47. The Kier molecular flexibility index (Phi) is 8.41. The highest BCUT2D eigenvalue weighted by molar-refractivity contribution is 5.90. The van der Waals surface area contributed by atoms with Crippen molar-refractivity contribution in [1.29, 1.82) is 0 Å². The summed E-state index contributed by atoms with van der Waals surface area (Å²) in [7, 11) is 0. The van der Waals surface area contributed by atoms with Gasteiger partial charge in [-0.05, 0) is 25.5 Å². The summed E-state index contributed by atoms with van der Waals surface area (Å²) in [6.45, 7) is 6.49. The van der Waals surface area contributed by atoms with E-state index in [2.05, 4.69) is 84.1 Å². The monoisotopic (exact) mass is 539 g/mol. The molecule has 3 N–H and O–H groups in total. The van der Waals surface area contributed by atoms with E-state index in [0.29, 0.717) is 11.6 Å². The van der Waals surface area contributed by atoms with E-state index in [9.17, 15) is 13.2 Å².